The van der Waals surface area contributed by atoms with E-state index in [1.807, 2.05) is 42.1 Å². The van der Waals surface area contributed by atoms with E-state index in [9.17, 15) is 9.90 Å². The summed E-state index contributed by atoms with van der Waals surface area (Å²) < 4.78 is 1.94. The van der Waals surface area contributed by atoms with Crippen LogP contribution in [0.1, 0.15) is 34.4 Å². The third kappa shape index (κ3) is 3.40. The van der Waals surface area contributed by atoms with Gasteiger partial charge in [-0.3, -0.25) is 14.9 Å². The van der Waals surface area contributed by atoms with Crippen LogP contribution in [0.15, 0.2) is 49.2 Å². The number of aromatic amines is 1. The fraction of sp³-hybridized carbons (Fsp3) is 0.176. The average Bonchev–Trinajstić information content (AvgIpc) is 3.25. The first-order chi connectivity index (χ1) is 11.7. The maximum absolute atomic E-state index is 12.0. The molecule has 3 rings (SSSR count). The molecule has 0 aliphatic rings. The second-order valence-electron chi connectivity index (χ2n) is 5.27. The maximum atomic E-state index is 12.0. The van der Waals surface area contributed by atoms with Crippen molar-refractivity contribution in [3.05, 3.63) is 71.8 Å². The third-order valence-electron chi connectivity index (χ3n) is 3.61. The molecule has 0 bridgehead atoms. The Morgan fingerprint density at radius 3 is 2.88 bits per heavy atom. The first-order valence-electron chi connectivity index (χ1n) is 7.56. The Hall–Kier alpha value is -3.22. The predicted molar refractivity (Wildman–Crippen MR) is 88.5 cm³/mol. The smallest absolute Gasteiger partial charge is 0.226 e. The minimum Gasteiger partial charge on any atom is -0.507 e. The summed E-state index contributed by atoms with van der Waals surface area (Å²) in [5.74, 6) is -0.426. The Balaban J connectivity index is 1.85. The van der Waals surface area contributed by atoms with E-state index in [1.165, 1.54) is 6.33 Å². The molecular formula is C17H17N5O2. The van der Waals surface area contributed by atoms with Crippen molar-refractivity contribution in [1.29, 1.82) is 0 Å². The molecule has 0 saturated heterocycles. The van der Waals surface area contributed by atoms with Crippen molar-refractivity contribution < 1.29 is 9.90 Å². The first kappa shape index (κ1) is 15.7. The molecule has 0 radical (unpaired) electrons. The summed E-state index contributed by atoms with van der Waals surface area (Å²) in [6, 6.07) is 5.74. The highest BCUT2D eigenvalue weighted by molar-refractivity contribution is 6.05. The predicted octanol–water partition coefficient (Wildman–Crippen LogP) is 2.39. The van der Waals surface area contributed by atoms with E-state index in [0.29, 0.717) is 12.1 Å². The van der Waals surface area contributed by atoms with Crippen LogP contribution < -0.4 is 0 Å². The molecule has 3 aromatic heterocycles. The molecule has 0 unspecified atom stereocenters. The Kier molecular flexibility index (Phi) is 4.51. The number of ketones is 1. The Labute approximate surface area is 138 Å². The normalized spacial score (nSPS) is 11.6. The van der Waals surface area contributed by atoms with Crippen LogP contribution in [0.5, 0.6) is 0 Å². The second-order valence-corrected chi connectivity index (χ2v) is 5.27. The molecule has 122 valence electrons. The van der Waals surface area contributed by atoms with Gasteiger partial charge in [-0.1, -0.05) is 13.0 Å². The van der Waals surface area contributed by atoms with Gasteiger partial charge in [0.15, 0.2) is 5.82 Å². The van der Waals surface area contributed by atoms with Gasteiger partial charge in [-0.15, -0.1) is 0 Å². The number of nitrogens with one attached hydrogen (secondary N) is 1. The van der Waals surface area contributed by atoms with Crippen molar-refractivity contribution in [2.45, 2.75) is 19.9 Å². The molecule has 0 atom stereocenters. The van der Waals surface area contributed by atoms with Crippen molar-refractivity contribution in [2.75, 3.05) is 0 Å². The number of H-pyrrole nitrogens is 1. The first-order valence-corrected chi connectivity index (χ1v) is 7.56. The maximum Gasteiger partial charge on any atom is 0.226 e. The van der Waals surface area contributed by atoms with Gasteiger partial charge in [0, 0.05) is 30.2 Å². The molecule has 0 spiro atoms. The molecule has 0 aliphatic carbocycles. The van der Waals surface area contributed by atoms with E-state index in [4.69, 9.17) is 0 Å². The fourth-order valence-electron chi connectivity index (χ4n) is 2.43. The number of aliphatic hydroxyl groups is 1. The van der Waals surface area contributed by atoms with E-state index in [2.05, 4.69) is 20.2 Å². The summed E-state index contributed by atoms with van der Waals surface area (Å²) in [6.07, 6.45) is 8.64. The van der Waals surface area contributed by atoms with Crippen molar-refractivity contribution in [2.24, 2.45) is 0 Å². The lowest BCUT2D eigenvalue weighted by molar-refractivity contribution is 0.103. The molecule has 3 aromatic rings. The van der Waals surface area contributed by atoms with Crippen LogP contribution in [-0.4, -0.2) is 35.6 Å². The summed E-state index contributed by atoms with van der Waals surface area (Å²) in [6.45, 7) is 2.59. The molecule has 0 amide bonds. The lowest BCUT2D eigenvalue weighted by atomic mass is 10.1. The molecule has 7 nitrogen and oxygen atoms in total. The van der Waals surface area contributed by atoms with Crippen molar-refractivity contribution in [3.8, 4) is 0 Å². The van der Waals surface area contributed by atoms with Crippen molar-refractivity contribution >= 4 is 11.5 Å². The summed E-state index contributed by atoms with van der Waals surface area (Å²) in [4.78, 5) is 20.1. The summed E-state index contributed by atoms with van der Waals surface area (Å²) in [5, 5.41) is 16.4. The topological polar surface area (TPSA) is 96.7 Å². The molecular weight excluding hydrogens is 306 g/mol. The lowest BCUT2D eigenvalue weighted by Gasteiger charge is -2.01. The van der Waals surface area contributed by atoms with Gasteiger partial charge in [-0.2, -0.15) is 5.10 Å². The molecule has 0 fully saturated rings. The largest absolute Gasteiger partial charge is 0.507 e. The number of aliphatic hydroxyl groups excluding tert-OH is 1. The number of rotatable bonds is 6. The number of aryl methyl sites for hydroxylation is 1. The SMILES string of the molecule is CCc1cn(Cc2ccccn2)cc1C(O)=CC(=O)c1ncn[nH]1. The molecule has 0 aliphatic heterocycles. The van der Waals surface area contributed by atoms with Gasteiger partial charge in [0.05, 0.1) is 12.2 Å². The number of hydrogen-bond acceptors (Lipinski definition) is 5. The van der Waals surface area contributed by atoms with Gasteiger partial charge >= 0.3 is 0 Å². The van der Waals surface area contributed by atoms with E-state index >= 15 is 0 Å². The summed E-state index contributed by atoms with van der Waals surface area (Å²) in [7, 11) is 0. The van der Waals surface area contributed by atoms with Crippen molar-refractivity contribution in [1.82, 2.24) is 24.7 Å². The highest BCUT2D eigenvalue weighted by Gasteiger charge is 2.13. The monoisotopic (exact) mass is 323 g/mol. The molecule has 2 N–H and O–H groups in total. The van der Waals surface area contributed by atoms with Crippen LogP contribution in [-0.2, 0) is 13.0 Å². The molecule has 7 heteroatoms. The zero-order valence-corrected chi connectivity index (χ0v) is 13.2. The number of carbonyl (C=O) groups is 1. The van der Waals surface area contributed by atoms with Gasteiger partial charge in [-0.25, -0.2) is 4.98 Å². The van der Waals surface area contributed by atoms with Gasteiger partial charge in [0.1, 0.15) is 12.1 Å². The van der Waals surface area contributed by atoms with Gasteiger partial charge < -0.3 is 9.67 Å². The van der Waals surface area contributed by atoms with Crippen LogP contribution >= 0.6 is 0 Å². The number of aromatic nitrogens is 5. The van der Waals surface area contributed by atoms with E-state index in [1.54, 1.807) is 6.20 Å². The molecule has 0 aromatic carbocycles. The zero-order chi connectivity index (χ0) is 16.9. The van der Waals surface area contributed by atoms with Gasteiger partial charge in [0.25, 0.3) is 0 Å². The molecule has 3 heterocycles. The third-order valence-corrected chi connectivity index (χ3v) is 3.61. The van der Waals surface area contributed by atoms with Crippen molar-refractivity contribution in [3.63, 3.8) is 0 Å². The lowest BCUT2D eigenvalue weighted by Crippen LogP contribution is -2.00. The van der Waals surface area contributed by atoms with E-state index in [0.717, 1.165) is 23.8 Å². The minimum atomic E-state index is -0.426. The Bertz CT molecular complexity index is 851. The Morgan fingerprint density at radius 1 is 1.33 bits per heavy atom. The highest BCUT2D eigenvalue weighted by atomic mass is 16.3. The van der Waals surface area contributed by atoms with Crippen LogP contribution in [0.3, 0.4) is 0 Å². The minimum absolute atomic E-state index is 0.0898. The van der Waals surface area contributed by atoms with Crippen LogP contribution in [0.2, 0.25) is 0 Å². The average molecular weight is 323 g/mol. The molecule has 24 heavy (non-hydrogen) atoms. The summed E-state index contributed by atoms with van der Waals surface area (Å²) >= 11 is 0. The number of hydrogen-bond donors (Lipinski definition) is 2. The number of carbonyl (C=O) groups excluding carboxylic acids is 1. The van der Waals surface area contributed by atoms with Crippen LogP contribution in [0, 0.1) is 0 Å². The molecule has 0 saturated carbocycles. The number of allylic oxidation sites excluding steroid dienone is 1. The zero-order valence-electron chi connectivity index (χ0n) is 13.2. The second kappa shape index (κ2) is 6.91. The van der Waals surface area contributed by atoms with Crippen LogP contribution in [0.4, 0.5) is 0 Å². The van der Waals surface area contributed by atoms with E-state index < -0.39 is 5.78 Å². The summed E-state index contributed by atoms with van der Waals surface area (Å²) in [5.41, 5.74) is 2.49. The fourth-order valence-corrected chi connectivity index (χ4v) is 2.43. The van der Waals surface area contributed by atoms with Gasteiger partial charge in [-0.05, 0) is 24.1 Å². The Morgan fingerprint density at radius 2 is 2.21 bits per heavy atom. The van der Waals surface area contributed by atoms with E-state index in [-0.39, 0.29) is 11.6 Å². The van der Waals surface area contributed by atoms with Gasteiger partial charge in [0.2, 0.25) is 5.78 Å². The number of pyridine rings is 1. The highest BCUT2D eigenvalue weighted by Crippen LogP contribution is 2.20. The van der Waals surface area contributed by atoms with Crippen LogP contribution in [0.25, 0.3) is 5.76 Å². The quantitative estimate of drug-likeness (QED) is 0.412. The standard InChI is InChI=1S/C17H17N5O2/c1-2-12-8-22(9-13-5-3-4-6-18-13)10-14(12)15(23)7-16(24)17-19-11-20-21-17/h3-8,10-11,23H,2,9H2,1H3,(H,19,20,21). The number of nitrogens with zero attached hydrogens (tertiary/aromatic N) is 4.